The zero-order valence-corrected chi connectivity index (χ0v) is 15.7. The maximum atomic E-state index is 12.4. The summed E-state index contributed by atoms with van der Waals surface area (Å²) < 4.78 is 6.06. The van der Waals surface area contributed by atoms with Gasteiger partial charge >= 0.3 is 0 Å². The van der Waals surface area contributed by atoms with Crippen LogP contribution in [-0.4, -0.2) is 58.6 Å². The van der Waals surface area contributed by atoms with E-state index in [2.05, 4.69) is 20.2 Å². The molecule has 2 fully saturated rings. The van der Waals surface area contributed by atoms with E-state index in [0.717, 1.165) is 35.8 Å². The Bertz CT molecular complexity index is 767. The summed E-state index contributed by atoms with van der Waals surface area (Å²) in [5.74, 6) is -0.121. The average Bonchev–Trinajstić information content (AvgIpc) is 3.30. The zero-order valence-electron chi connectivity index (χ0n) is 15.0. The smallest absolute Gasteiger partial charge is 0.237 e. The molecule has 8 heteroatoms. The Morgan fingerprint density at radius 2 is 2.22 bits per heavy atom. The Balaban J connectivity index is 1.30. The number of nitrogens with two attached hydrogens (primary N) is 1. The molecule has 7 nitrogen and oxygen atoms in total. The van der Waals surface area contributed by atoms with Crippen molar-refractivity contribution in [2.24, 2.45) is 5.73 Å². The number of ether oxygens (including phenoxy) is 1. The highest BCUT2D eigenvalue weighted by molar-refractivity contribution is 6.30. The molecule has 0 unspecified atom stereocenters. The van der Waals surface area contributed by atoms with Crippen molar-refractivity contribution in [3.8, 4) is 0 Å². The number of H-pyrrole nitrogens is 1. The average molecular weight is 390 g/mol. The van der Waals surface area contributed by atoms with E-state index in [0.29, 0.717) is 19.1 Å². The number of nitrogens with one attached hydrogen (secondary N) is 2. The third-order valence-corrected chi connectivity index (χ3v) is 5.59. The summed E-state index contributed by atoms with van der Waals surface area (Å²) in [6.45, 7) is 2.30. The fourth-order valence-corrected chi connectivity index (χ4v) is 4.02. The second-order valence-corrected chi connectivity index (χ2v) is 7.75. The third-order valence-electron chi connectivity index (χ3n) is 5.34. The zero-order chi connectivity index (χ0) is 18.8. The van der Waals surface area contributed by atoms with E-state index in [4.69, 9.17) is 22.1 Å². The van der Waals surface area contributed by atoms with E-state index in [1.165, 1.54) is 0 Å². The number of fused-ring (bicyclic) bond motifs is 1. The molecule has 3 heterocycles. The quantitative estimate of drug-likeness (QED) is 0.715. The van der Waals surface area contributed by atoms with Gasteiger partial charge in [0.25, 0.3) is 0 Å². The van der Waals surface area contributed by atoms with Gasteiger partial charge in [0, 0.05) is 48.5 Å². The predicted octanol–water partition coefficient (Wildman–Crippen LogP) is 1.26. The Morgan fingerprint density at radius 3 is 2.96 bits per heavy atom. The number of nitrogens with zero attached hydrogens (tertiary/aromatic N) is 2. The number of carbonyl (C=O) groups excluding carboxylic acids is 1. The Kier molecular flexibility index (Phi) is 5.45. The van der Waals surface area contributed by atoms with Crippen molar-refractivity contribution in [2.45, 2.75) is 37.1 Å². The highest BCUT2D eigenvalue weighted by atomic mass is 35.5. The molecule has 4 N–H and O–H groups in total. The summed E-state index contributed by atoms with van der Waals surface area (Å²) in [5, 5.41) is 3.82. The van der Waals surface area contributed by atoms with Crippen LogP contribution < -0.4 is 11.1 Å². The van der Waals surface area contributed by atoms with Crippen molar-refractivity contribution in [2.75, 3.05) is 19.7 Å². The Hall–Kier alpha value is -1.93. The monoisotopic (exact) mass is 389 g/mol. The first-order chi connectivity index (χ1) is 13.1. The fourth-order valence-electron chi connectivity index (χ4n) is 3.89. The van der Waals surface area contributed by atoms with Gasteiger partial charge in [-0.15, -0.1) is 0 Å². The molecular formula is C19H24ClN5O2. The van der Waals surface area contributed by atoms with Crippen LogP contribution in [-0.2, 0) is 16.0 Å². The Morgan fingerprint density at radius 1 is 1.41 bits per heavy atom. The Labute approximate surface area is 163 Å². The van der Waals surface area contributed by atoms with Crippen LogP contribution in [0, 0.1) is 0 Å². The van der Waals surface area contributed by atoms with Crippen molar-refractivity contribution < 1.29 is 9.53 Å². The maximum absolute atomic E-state index is 12.4. The van der Waals surface area contributed by atoms with Crippen molar-refractivity contribution in [3.63, 3.8) is 0 Å². The minimum Gasteiger partial charge on any atom is -0.371 e. The molecule has 0 radical (unpaired) electrons. The van der Waals surface area contributed by atoms with Crippen LogP contribution in [0.25, 0.3) is 0 Å². The van der Waals surface area contributed by atoms with Gasteiger partial charge in [-0.25, -0.2) is 4.98 Å². The number of hydrogen-bond donors (Lipinski definition) is 3. The number of benzene rings is 1. The fraction of sp³-hybridized carbons (Fsp3) is 0.474. The molecule has 1 aromatic carbocycles. The van der Waals surface area contributed by atoms with Crippen LogP contribution in [0.15, 0.2) is 36.8 Å². The molecule has 1 aromatic heterocycles. The number of carbonyl (C=O) groups is 1. The third kappa shape index (κ3) is 4.32. The molecule has 2 aliphatic heterocycles. The lowest BCUT2D eigenvalue weighted by molar-refractivity contribution is -0.123. The van der Waals surface area contributed by atoms with E-state index in [-0.39, 0.29) is 18.1 Å². The van der Waals surface area contributed by atoms with E-state index in [1.54, 1.807) is 12.5 Å². The highest BCUT2D eigenvalue weighted by Gasteiger charge is 2.38. The second-order valence-electron chi connectivity index (χ2n) is 7.31. The first-order valence-corrected chi connectivity index (χ1v) is 9.60. The lowest BCUT2D eigenvalue weighted by atomic mass is 10.1. The van der Waals surface area contributed by atoms with Crippen molar-refractivity contribution in [3.05, 3.63) is 53.1 Å². The van der Waals surface area contributed by atoms with Gasteiger partial charge < -0.3 is 20.8 Å². The molecule has 0 spiro atoms. The SMILES string of the molecule is N[C@@H](Cc1cnc[nH]1)C(=O)N[C@@H]1C[C@H]2CO[C@@H](c3ccc(Cl)cc3)CN2C1. The molecule has 2 aliphatic rings. The molecule has 0 saturated carbocycles. The van der Waals surface area contributed by atoms with E-state index in [9.17, 15) is 4.79 Å². The van der Waals surface area contributed by atoms with Gasteiger partial charge in [0.15, 0.2) is 0 Å². The van der Waals surface area contributed by atoms with Crippen LogP contribution in [0.1, 0.15) is 23.8 Å². The van der Waals surface area contributed by atoms with Gasteiger partial charge in [0.05, 0.1) is 25.1 Å². The lowest BCUT2D eigenvalue weighted by Crippen LogP contribution is -2.47. The van der Waals surface area contributed by atoms with Gasteiger partial charge in [-0.1, -0.05) is 23.7 Å². The van der Waals surface area contributed by atoms with Gasteiger partial charge in [0.1, 0.15) is 0 Å². The van der Waals surface area contributed by atoms with Crippen molar-refractivity contribution >= 4 is 17.5 Å². The molecule has 144 valence electrons. The largest absolute Gasteiger partial charge is 0.371 e. The standard InChI is InChI=1S/C19H24ClN5O2/c20-13-3-1-12(2-4-13)18-9-25-8-15(5-16(25)10-27-18)24-19(26)17(21)6-14-7-22-11-23-14/h1-4,7,11,15-18H,5-6,8-10,21H2,(H,22,23)(H,24,26)/t15-,16+,17+,18-/m1/s1. The summed E-state index contributed by atoms with van der Waals surface area (Å²) >= 11 is 5.97. The number of aromatic amines is 1. The molecule has 2 saturated heterocycles. The molecule has 0 bridgehead atoms. The molecule has 0 aliphatic carbocycles. The predicted molar refractivity (Wildman–Crippen MR) is 102 cm³/mol. The van der Waals surface area contributed by atoms with Crippen LogP contribution in [0.2, 0.25) is 5.02 Å². The number of imidazole rings is 1. The number of morpholine rings is 1. The first-order valence-electron chi connectivity index (χ1n) is 9.23. The summed E-state index contributed by atoms with van der Waals surface area (Å²) in [5.41, 5.74) is 8.03. The van der Waals surface area contributed by atoms with Crippen LogP contribution in [0.3, 0.4) is 0 Å². The molecular weight excluding hydrogens is 366 g/mol. The number of amides is 1. The number of halogens is 1. The van der Waals surface area contributed by atoms with Gasteiger partial charge in [-0.05, 0) is 24.1 Å². The number of rotatable bonds is 5. The van der Waals surface area contributed by atoms with Crippen LogP contribution >= 0.6 is 11.6 Å². The topological polar surface area (TPSA) is 96.3 Å². The van der Waals surface area contributed by atoms with E-state index < -0.39 is 6.04 Å². The van der Waals surface area contributed by atoms with Gasteiger partial charge in [0.2, 0.25) is 5.91 Å². The summed E-state index contributed by atoms with van der Waals surface area (Å²) in [6, 6.07) is 7.65. The van der Waals surface area contributed by atoms with Crippen molar-refractivity contribution in [1.29, 1.82) is 0 Å². The lowest BCUT2D eigenvalue weighted by Gasteiger charge is -2.35. The summed E-state index contributed by atoms with van der Waals surface area (Å²) in [6.07, 6.45) is 4.66. The van der Waals surface area contributed by atoms with Gasteiger partial charge in [-0.2, -0.15) is 0 Å². The minimum absolute atomic E-state index is 0.0376. The molecule has 4 atom stereocenters. The minimum atomic E-state index is -0.582. The maximum Gasteiger partial charge on any atom is 0.237 e. The molecule has 1 amide bonds. The number of aromatic nitrogens is 2. The van der Waals surface area contributed by atoms with E-state index in [1.807, 2.05) is 24.3 Å². The summed E-state index contributed by atoms with van der Waals surface area (Å²) in [7, 11) is 0. The van der Waals surface area contributed by atoms with Crippen molar-refractivity contribution in [1.82, 2.24) is 20.2 Å². The molecule has 4 rings (SSSR count). The molecule has 27 heavy (non-hydrogen) atoms. The van der Waals surface area contributed by atoms with Crippen LogP contribution in [0.4, 0.5) is 0 Å². The summed E-state index contributed by atoms with van der Waals surface area (Å²) in [4.78, 5) is 21.7. The highest BCUT2D eigenvalue weighted by Crippen LogP contribution is 2.30. The van der Waals surface area contributed by atoms with E-state index >= 15 is 0 Å². The van der Waals surface area contributed by atoms with Gasteiger partial charge in [-0.3, -0.25) is 9.69 Å². The molecule has 2 aromatic rings. The number of hydrogen-bond acceptors (Lipinski definition) is 5. The second kappa shape index (κ2) is 7.98. The normalized spacial score (nSPS) is 26.5. The first kappa shape index (κ1) is 18.4. The van der Waals surface area contributed by atoms with Crippen LogP contribution in [0.5, 0.6) is 0 Å².